The smallest absolute Gasteiger partial charge is 0.220 e. The van der Waals surface area contributed by atoms with E-state index in [1.807, 2.05) is 18.2 Å². The summed E-state index contributed by atoms with van der Waals surface area (Å²) in [6.07, 6.45) is 2.72. The van der Waals surface area contributed by atoms with E-state index in [-0.39, 0.29) is 5.91 Å². The number of carbonyl (C=O) groups excluding carboxylic acids is 1. The van der Waals surface area contributed by atoms with Gasteiger partial charge in [0, 0.05) is 26.1 Å². The van der Waals surface area contributed by atoms with Gasteiger partial charge in [0.1, 0.15) is 5.75 Å². The number of nitrogens with zero attached hydrogens (tertiary/aromatic N) is 1. The van der Waals surface area contributed by atoms with Gasteiger partial charge in [-0.3, -0.25) is 4.79 Å². The SMILES string of the molecule is COc1ccccc1N1CC[C@@H](CNC(=O)CCC(C)C)C1. The summed E-state index contributed by atoms with van der Waals surface area (Å²) >= 11 is 0. The van der Waals surface area contributed by atoms with E-state index in [0.717, 1.165) is 43.9 Å². The molecule has 0 saturated carbocycles. The molecule has 4 nitrogen and oxygen atoms in total. The Kier molecular flexibility index (Phi) is 6.10. The lowest BCUT2D eigenvalue weighted by Gasteiger charge is -2.21. The van der Waals surface area contributed by atoms with Gasteiger partial charge in [0.15, 0.2) is 0 Å². The van der Waals surface area contributed by atoms with Crippen molar-refractivity contribution in [3.05, 3.63) is 24.3 Å². The van der Waals surface area contributed by atoms with Crippen LogP contribution in [-0.4, -0.2) is 32.7 Å². The Morgan fingerprint density at radius 3 is 2.91 bits per heavy atom. The van der Waals surface area contributed by atoms with Crippen LogP contribution in [0.1, 0.15) is 33.1 Å². The summed E-state index contributed by atoms with van der Waals surface area (Å²) < 4.78 is 5.43. The lowest BCUT2D eigenvalue weighted by molar-refractivity contribution is -0.121. The van der Waals surface area contributed by atoms with Gasteiger partial charge >= 0.3 is 0 Å². The number of methoxy groups -OCH3 is 1. The van der Waals surface area contributed by atoms with Crippen LogP contribution < -0.4 is 15.0 Å². The maximum Gasteiger partial charge on any atom is 0.220 e. The van der Waals surface area contributed by atoms with Gasteiger partial charge in [0.2, 0.25) is 5.91 Å². The quantitative estimate of drug-likeness (QED) is 0.841. The predicted octanol–water partition coefficient (Wildman–Crippen LogP) is 3.07. The third kappa shape index (κ3) is 4.65. The molecule has 0 aliphatic carbocycles. The number of hydrogen-bond acceptors (Lipinski definition) is 3. The number of hydrogen-bond donors (Lipinski definition) is 1. The maximum atomic E-state index is 11.8. The summed E-state index contributed by atoms with van der Waals surface area (Å²) in [5.41, 5.74) is 1.15. The second kappa shape index (κ2) is 8.06. The van der Waals surface area contributed by atoms with Gasteiger partial charge in [-0.15, -0.1) is 0 Å². The molecule has 1 atom stereocenters. The zero-order chi connectivity index (χ0) is 15.9. The van der Waals surface area contributed by atoms with Gasteiger partial charge in [-0.25, -0.2) is 0 Å². The largest absolute Gasteiger partial charge is 0.495 e. The van der Waals surface area contributed by atoms with E-state index >= 15 is 0 Å². The Morgan fingerprint density at radius 2 is 2.18 bits per heavy atom. The zero-order valence-electron chi connectivity index (χ0n) is 14.0. The lowest BCUT2D eigenvalue weighted by atomic mass is 10.1. The molecule has 1 aromatic rings. The van der Waals surface area contributed by atoms with Crippen molar-refractivity contribution >= 4 is 11.6 Å². The average molecular weight is 304 g/mol. The van der Waals surface area contributed by atoms with Crippen LogP contribution >= 0.6 is 0 Å². The first-order valence-corrected chi connectivity index (χ1v) is 8.24. The molecule has 2 rings (SSSR count). The number of benzene rings is 1. The summed E-state index contributed by atoms with van der Waals surface area (Å²) in [6, 6.07) is 8.13. The molecule has 1 aromatic carbocycles. The Bertz CT molecular complexity index is 488. The van der Waals surface area contributed by atoms with Crippen LogP contribution in [0.25, 0.3) is 0 Å². The van der Waals surface area contributed by atoms with E-state index in [1.54, 1.807) is 7.11 Å². The summed E-state index contributed by atoms with van der Waals surface area (Å²) in [4.78, 5) is 14.2. The molecule has 0 aromatic heterocycles. The van der Waals surface area contributed by atoms with E-state index in [9.17, 15) is 4.79 Å². The highest BCUT2D eigenvalue weighted by atomic mass is 16.5. The van der Waals surface area contributed by atoms with E-state index in [4.69, 9.17) is 4.74 Å². The molecule has 1 saturated heterocycles. The topological polar surface area (TPSA) is 41.6 Å². The van der Waals surface area contributed by atoms with Gasteiger partial charge in [0.25, 0.3) is 0 Å². The van der Waals surface area contributed by atoms with Crippen molar-refractivity contribution in [1.29, 1.82) is 0 Å². The van der Waals surface area contributed by atoms with Crippen LogP contribution in [0, 0.1) is 11.8 Å². The zero-order valence-corrected chi connectivity index (χ0v) is 14.0. The first-order chi connectivity index (χ1) is 10.6. The van der Waals surface area contributed by atoms with Crippen LogP contribution in [0.3, 0.4) is 0 Å². The van der Waals surface area contributed by atoms with E-state index in [2.05, 4.69) is 30.1 Å². The molecule has 0 radical (unpaired) electrons. The second-order valence-electron chi connectivity index (χ2n) is 6.51. The molecule has 0 spiro atoms. The number of para-hydroxylation sites is 2. The van der Waals surface area contributed by atoms with Crippen molar-refractivity contribution < 1.29 is 9.53 Å². The van der Waals surface area contributed by atoms with Crippen molar-refractivity contribution in [2.24, 2.45) is 11.8 Å². The Balaban J connectivity index is 1.79. The van der Waals surface area contributed by atoms with Crippen molar-refractivity contribution in [3.63, 3.8) is 0 Å². The number of ether oxygens (including phenoxy) is 1. The van der Waals surface area contributed by atoms with Gasteiger partial charge in [-0.2, -0.15) is 0 Å². The van der Waals surface area contributed by atoms with Gasteiger partial charge in [0.05, 0.1) is 12.8 Å². The normalized spacial score (nSPS) is 17.8. The molecule has 1 aliphatic rings. The van der Waals surface area contributed by atoms with Crippen LogP contribution in [0.4, 0.5) is 5.69 Å². The van der Waals surface area contributed by atoms with Crippen molar-refractivity contribution in [2.75, 3.05) is 31.6 Å². The average Bonchev–Trinajstić information content (AvgIpc) is 2.99. The first-order valence-electron chi connectivity index (χ1n) is 8.24. The Morgan fingerprint density at radius 1 is 1.41 bits per heavy atom. The van der Waals surface area contributed by atoms with Crippen molar-refractivity contribution in [2.45, 2.75) is 33.1 Å². The van der Waals surface area contributed by atoms with E-state index in [0.29, 0.717) is 18.3 Å². The molecule has 1 fully saturated rings. The van der Waals surface area contributed by atoms with Crippen LogP contribution in [0.2, 0.25) is 0 Å². The third-order valence-electron chi connectivity index (χ3n) is 4.25. The van der Waals surface area contributed by atoms with E-state index in [1.165, 1.54) is 0 Å². The second-order valence-corrected chi connectivity index (χ2v) is 6.51. The number of carbonyl (C=O) groups is 1. The molecule has 1 N–H and O–H groups in total. The fourth-order valence-electron chi connectivity index (χ4n) is 2.88. The van der Waals surface area contributed by atoms with Gasteiger partial charge in [-0.05, 0) is 36.8 Å². The summed E-state index contributed by atoms with van der Waals surface area (Å²) in [5.74, 6) is 2.21. The Labute approximate surface area is 133 Å². The minimum Gasteiger partial charge on any atom is -0.495 e. The third-order valence-corrected chi connectivity index (χ3v) is 4.25. The van der Waals surface area contributed by atoms with E-state index < -0.39 is 0 Å². The monoisotopic (exact) mass is 304 g/mol. The molecule has 1 heterocycles. The Hall–Kier alpha value is -1.71. The van der Waals surface area contributed by atoms with Crippen LogP contribution in [0.15, 0.2) is 24.3 Å². The highest BCUT2D eigenvalue weighted by molar-refractivity contribution is 5.75. The molecule has 1 aliphatic heterocycles. The summed E-state index contributed by atoms with van der Waals surface area (Å²) in [5, 5.41) is 3.08. The molecular formula is C18H28N2O2. The first kappa shape index (κ1) is 16.7. The molecule has 0 unspecified atom stereocenters. The minimum atomic E-state index is 0.185. The predicted molar refractivity (Wildman–Crippen MR) is 90.4 cm³/mol. The highest BCUT2D eigenvalue weighted by Crippen LogP contribution is 2.31. The maximum absolute atomic E-state index is 11.8. The fraction of sp³-hybridized carbons (Fsp3) is 0.611. The number of nitrogens with one attached hydrogen (secondary N) is 1. The molecule has 122 valence electrons. The fourth-order valence-corrected chi connectivity index (χ4v) is 2.88. The molecule has 0 bridgehead atoms. The van der Waals surface area contributed by atoms with Crippen molar-refractivity contribution in [3.8, 4) is 5.75 Å². The standard InChI is InChI=1S/C18H28N2O2/c1-14(2)8-9-18(21)19-12-15-10-11-20(13-15)16-6-4-5-7-17(16)22-3/h4-7,14-15H,8-13H2,1-3H3,(H,19,21)/t15-/m0/s1. The highest BCUT2D eigenvalue weighted by Gasteiger charge is 2.24. The lowest BCUT2D eigenvalue weighted by Crippen LogP contribution is -2.31. The van der Waals surface area contributed by atoms with Gasteiger partial charge < -0.3 is 15.0 Å². The minimum absolute atomic E-state index is 0.185. The molecule has 4 heteroatoms. The van der Waals surface area contributed by atoms with Crippen LogP contribution in [0.5, 0.6) is 5.75 Å². The van der Waals surface area contributed by atoms with Crippen molar-refractivity contribution in [1.82, 2.24) is 5.32 Å². The summed E-state index contributed by atoms with van der Waals surface area (Å²) in [6.45, 7) is 7.07. The molecular weight excluding hydrogens is 276 g/mol. The molecule has 1 amide bonds. The van der Waals surface area contributed by atoms with Gasteiger partial charge in [-0.1, -0.05) is 26.0 Å². The molecule has 22 heavy (non-hydrogen) atoms. The number of amides is 1. The van der Waals surface area contributed by atoms with Crippen LogP contribution in [-0.2, 0) is 4.79 Å². The summed E-state index contributed by atoms with van der Waals surface area (Å²) in [7, 11) is 1.71. The number of anilines is 1. The number of rotatable bonds is 7.